The number of halogens is 2. The van der Waals surface area contributed by atoms with Gasteiger partial charge in [-0.3, -0.25) is 4.79 Å². The zero-order chi connectivity index (χ0) is 11.3. The molecule has 0 aliphatic carbocycles. The molecule has 0 saturated heterocycles. The maximum Gasteiger partial charge on any atom is 0.147 e. The van der Waals surface area contributed by atoms with Crippen molar-refractivity contribution in [3.63, 3.8) is 0 Å². The second-order valence-electron chi connectivity index (χ2n) is 2.74. The summed E-state index contributed by atoms with van der Waals surface area (Å²) >= 11 is 6.83. The van der Waals surface area contributed by atoms with Crippen molar-refractivity contribution in [3.05, 3.63) is 32.7 Å². The van der Waals surface area contributed by atoms with E-state index < -0.39 is 0 Å². The van der Waals surface area contributed by atoms with Gasteiger partial charge < -0.3 is 4.74 Å². The normalized spacial score (nSPS) is 10.6. The molecule has 0 heterocycles. The first-order chi connectivity index (χ1) is 7.19. The second kappa shape index (κ2) is 6.08. The quantitative estimate of drug-likeness (QED) is 0.618. The first kappa shape index (κ1) is 12.5. The summed E-state index contributed by atoms with van der Waals surface area (Å²) in [5, 5.41) is 0. The van der Waals surface area contributed by atoms with E-state index in [-0.39, 0.29) is 0 Å². The average molecular weight is 334 g/mol. The van der Waals surface area contributed by atoms with Crippen LogP contribution in [0.4, 0.5) is 0 Å². The standard InChI is InChI=1S/C11H10Br2O2/c1-2-15-11-9(12)6-8(4-3-5-14)7-10(11)13/h3-7H,2H2,1H3. The van der Waals surface area contributed by atoms with Gasteiger partial charge in [-0.2, -0.15) is 0 Å². The number of allylic oxidation sites excluding steroid dienone is 1. The molecule has 1 rings (SSSR count). The number of hydrogen-bond donors (Lipinski definition) is 0. The molecule has 0 aliphatic heterocycles. The van der Waals surface area contributed by atoms with Crippen LogP contribution in [0.5, 0.6) is 5.75 Å². The fourth-order valence-electron chi connectivity index (χ4n) is 1.11. The molecule has 15 heavy (non-hydrogen) atoms. The van der Waals surface area contributed by atoms with Gasteiger partial charge in [-0.1, -0.05) is 6.08 Å². The van der Waals surface area contributed by atoms with Gasteiger partial charge in [0.2, 0.25) is 0 Å². The number of ether oxygens (including phenoxy) is 1. The van der Waals surface area contributed by atoms with Crippen LogP contribution in [0.2, 0.25) is 0 Å². The molecule has 1 aromatic rings. The van der Waals surface area contributed by atoms with Crippen LogP contribution in [0.25, 0.3) is 6.08 Å². The SMILES string of the molecule is CCOc1c(Br)cc(C=CC=O)cc1Br. The highest BCUT2D eigenvalue weighted by atomic mass is 79.9. The van der Waals surface area contributed by atoms with Crippen molar-refractivity contribution in [1.29, 1.82) is 0 Å². The van der Waals surface area contributed by atoms with E-state index in [1.54, 1.807) is 6.08 Å². The van der Waals surface area contributed by atoms with Crippen molar-refractivity contribution >= 4 is 44.2 Å². The monoisotopic (exact) mass is 332 g/mol. The van der Waals surface area contributed by atoms with Crippen molar-refractivity contribution < 1.29 is 9.53 Å². The molecule has 0 fully saturated rings. The molecule has 1 aromatic carbocycles. The molecule has 0 saturated carbocycles. The first-order valence-electron chi connectivity index (χ1n) is 4.42. The summed E-state index contributed by atoms with van der Waals surface area (Å²) in [5.41, 5.74) is 0.935. The van der Waals surface area contributed by atoms with Crippen molar-refractivity contribution in [2.24, 2.45) is 0 Å². The molecule has 0 atom stereocenters. The van der Waals surface area contributed by atoms with Gasteiger partial charge in [0.25, 0.3) is 0 Å². The number of aldehydes is 1. The molecule has 0 amide bonds. The highest BCUT2D eigenvalue weighted by molar-refractivity contribution is 9.11. The fraction of sp³-hybridized carbons (Fsp3) is 0.182. The van der Waals surface area contributed by atoms with Crippen molar-refractivity contribution in [3.8, 4) is 5.75 Å². The molecule has 80 valence electrons. The van der Waals surface area contributed by atoms with Gasteiger partial charge in [0.15, 0.2) is 0 Å². The zero-order valence-corrected chi connectivity index (χ0v) is 11.3. The van der Waals surface area contributed by atoms with Crippen LogP contribution in [0.3, 0.4) is 0 Å². The molecule has 0 N–H and O–H groups in total. The van der Waals surface area contributed by atoms with E-state index >= 15 is 0 Å². The van der Waals surface area contributed by atoms with Crippen LogP contribution >= 0.6 is 31.9 Å². The lowest BCUT2D eigenvalue weighted by atomic mass is 10.2. The molecule has 0 aromatic heterocycles. The van der Waals surface area contributed by atoms with Gasteiger partial charge in [0, 0.05) is 0 Å². The molecular formula is C11H10Br2O2. The Hall–Kier alpha value is -0.610. The molecule has 0 radical (unpaired) electrons. The Kier molecular flexibility index (Phi) is 5.05. The van der Waals surface area contributed by atoms with Gasteiger partial charge in [-0.15, -0.1) is 0 Å². The van der Waals surface area contributed by atoms with Gasteiger partial charge in [0.05, 0.1) is 15.6 Å². The molecule has 2 nitrogen and oxygen atoms in total. The van der Waals surface area contributed by atoms with Gasteiger partial charge in [-0.25, -0.2) is 0 Å². The minimum absolute atomic E-state index is 0.612. The predicted octanol–water partition coefficient (Wildman–Crippen LogP) is 3.82. The lowest BCUT2D eigenvalue weighted by molar-refractivity contribution is -0.104. The van der Waals surface area contributed by atoms with Crippen LogP contribution in [0.1, 0.15) is 12.5 Å². The van der Waals surface area contributed by atoms with E-state index in [4.69, 9.17) is 4.74 Å². The Morgan fingerprint density at radius 1 is 1.33 bits per heavy atom. The van der Waals surface area contributed by atoms with Crippen LogP contribution < -0.4 is 4.74 Å². The summed E-state index contributed by atoms with van der Waals surface area (Å²) in [5.74, 6) is 0.778. The zero-order valence-electron chi connectivity index (χ0n) is 8.17. The Morgan fingerprint density at radius 3 is 2.40 bits per heavy atom. The maximum atomic E-state index is 10.2. The number of rotatable bonds is 4. The lowest BCUT2D eigenvalue weighted by Gasteiger charge is -2.09. The third-order valence-electron chi connectivity index (χ3n) is 1.68. The summed E-state index contributed by atoms with van der Waals surface area (Å²) in [6.07, 6.45) is 3.94. The smallest absolute Gasteiger partial charge is 0.147 e. The topological polar surface area (TPSA) is 26.3 Å². The van der Waals surface area contributed by atoms with Gasteiger partial charge in [-0.05, 0) is 62.6 Å². The van der Waals surface area contributed by atoms with E-state index in [1.807, 2.05) is 19.1 Å². The van der Waals surface area contributed by atoms with Crippen LogP contribution in [-0.4, -0.2) is 12.9 Å². The number of carbonyl (C=O) groups excluding carboxylic acids is 1. The highest BCUT2D eigenvalue weighted by Gasteiger charge is 2.06. The van der Waals surface area contributed by atoms with Crippen LogP contribution in [0.15, 0.2) is 27.2 Å². The molecule has 0 unspecified atom stereocenters. The van der Waals surface area contributed by atoms with E-state index in [9.17, 15) is 4.79 Å². The number of hydrogen-bond acceptors (Lipinski definition) is 2. The van der Waals surface area contributed by atoms with E-state index in [0.717, 1.165) is 26.5 Å². The Bertz CT molecular complexity index is 363. The van der Waals surface area contributed by atoms with E-state index in [1.165, 1.54) is 6.08 Å². The summed E-state index contributed by atoms with van der Waals surface area (Å²) in [4.78, 5) is 10.2. The van der Waals surface area contributed by atoms with Gasteiger partial charge in [0.1, 0.15) is 12.0 Å². The lowest BCUT2D eigenvalue weighted by Crippen LogP contribution is -1.93. The number of carbonyl (C=O) groups is 1. The predicted molar refractivity (Wildman–Crippen MR) is 68.1 cm³/mol. The average Bonchev–Trinajstić information content (AvgIpc) is 2.20. The summed E-state index contributed by atoms with van der Waals surface area (Å²) in [6, 6.07) is 3.80. The minimum Gasteiger partial charge on any atom is -0.492 e. The van der Waals surface area contributed by atoms with Crippen molar-refractivity contribution in [1.82, 2.24) is 0 Å². The van der Waals surface area contributed by atoms with Crippen molar-refractivity contribution in [2.45, 2.75) is 6.92 Å². The highest BCUT2D eigenvalue weighted by Crippen LogP contribution is 2.35. The summed E-state index contributed by atoms with van der Waals surface area (Å²) in [7, 11) is 0. The first-order valence-corrected chi connectivity index (χ1v) is 6.01. The van der Waals surface area contributed by atoms with E-state index in [2.05, 4.69) is 31.9 Å². The fourth-order valence-corrected chi connectivity index (χ4v) is 2.56. The van der Waals surface area contributed by atoms with Gasteiger partial charge >= 0.3 is 0 Å². The summed E-state index contributed by atoms with van der Waals surface area (Å²) in [6.45, 7) is 2.54. The van der Waals surface area contributed by atoms with E-state index in [0.29, 0.717) is 6.61 Å². The third kappa shape index (κ3) is 3.47. The molecule has 0 spiro atoms. The molecule has 0 aliphatic rings. The Labute approximate surface area is 106 Å². The largest absolute Gasteiger partial charge is 0.492 e. The molecular weight excluding hydrogens is 324 g/mol. The van der Waals surface area contributed by atoms with Crippen LogP contribution in [-0.2, 0) is 4.79 Å². The third-order valence-corrected chi connectivity index (χ3v) is 2.85. The molecule has 4 heteroatoms. The molecule has 0 bridgehead atoms. The Balaban J connectivity index is 3.07. The summed E-state index contributed by atoms with van der Waals surface area (Å²) < 4.78 is 7.17. The minimum atomic E-state index is 0.612. The Morgan fingerprint density at radius 2 is 1.93 bits per heavy atom. The second-order valence-corrected chi connectivity index (χ2v) is 4.45. The number of benzene rings is 1. The maximum absolute atomic E-state index is 10.2. The van der Waals surface area contributed by atoms with Crippen molar-refractivity contribution in [2.75, 3.05) is 6.61 Å². The van der Waals surface area contributed by atoms with Crippen LogP contribution in [0, 0.1) is 0 Å².